The van der Waals surface area contributed by atoms with Crippen molar-refractivity contribution < 1.29 is 8.42 Å². The van der Waals surface area contributed by atoms with Crippen molar-refractivity contribution in [2.45, 2.75) is 49.7 Å². The zero-order valence-corrected chi connectivity index (χ0v) is 13.8. The maximum Gasteiger partial charge on any atom is 0.180 e. The highest BCUT2D eigenvalue weighted by atomic mass is 32.2. The Morgan fingerprint density at radius 3 is 2.30 bits per heavy atom. The molecule has 0 heterocycles. The topological polar surface area (TPSA) is 57.9 Å². The van der Waals surface area contributed by atoms with E-state index in [0.717, 1.165) is 24.2 Å². The molecule has 0 aliphatic heterocycles. The minimum atomic E-state index is -3.19. The summed E-state index contributed by atoms with van der Waals surface area (Å²) in [6.45, 7) is 5.49. The number of hydrogen-bond donors (Lipinski definition) is 0. The highest BCUT2D eigenvalue weighted by molar-refractivity contribution is 8.03. The number of nitriles is 1. The van der Waals surface area contributed by atoms with Crippen LogP contribution in [-0.4, -0.2) is 19.4 Å². The predicted octanol–water partition coefficient (Wildman–Crippen LogP) is 3.97. The van der Waals surface area contributed by atoms with Gasteiger partial charge in [0.25, 0.3) is 0 Å². The molecular weight excluding hydrogens is 290 g/mol. The quantitative estimate of drug-likeness (QED) is 0.565. The molecule has 110 valence electrons. The van der Waals surface area contributed by atoms with Gasteiger partial charge in [0.05, 0.1) is 10.1 Å². The first-order chi connectivity index (χ1) is 9.43. The number of thiocyanates is 1. The Kier molecular flexibility index (Phi) is 6.57. The molecule has 0 N–H and O–H groups in total. The zero-order valence-electron chi connectivity index (χ0n) is 12.2. The van der Waals surface area contributed by atoms with Gasteiger partial charge in [0, 0.05) is 5.75 Å². The molecule has 20 heavy (non-hydrogen) atoms. The second-order valence-corrected chi connectivity index (χ2v) is 8.38. The maximum absolute atomic E-state index is 12.1. The summed E-state index contributed by atoms with van der Waals surface area (Å²) in [6.07, 6.45) is 1.92. The summed E-state index contributed by atoms with van der Waals surface area (Å²) in [5.74, 6) is 1.19. The molecule has 1 atom stereocenters. The number of rotatable bonds is 7. The maximum atomic E-state index is 12.1. The van der Waals surface area contributed by atoms with E-state index in [2.05, 4.69) is 12.3 Å². The molecule has 0 aliphatic rings. The van der Waals surface area contributed by atoms with Crippen molar-refractivity contribution in [2.75, 3.05) is 5.75 Å². The van der Waals surface area contributed by atoms with Gasteiger partial charge in [-0.2, -0.15) is 5.26 Å². The molecule has 0 saturated heterocycles. The minimum absolute atomic E-state index is 0.381. The van der Waals surface area contributed by atoms with Crippen molar-refractivity contribution in [1.29, 1.82) is 5.26 Å². The van der Waals surface area contributed by atoms with Crippen LogP contribution in [0.3, 0.4) is 0 Å². The van der Waals surface area contributed by atoms with Crippen molar-refractivity contribution in [2.24, 2.45) is 0 Å². The average Bonchev–Trinajstić information content (AvgIpc) is 2.44. The lowest BCUT2D eigenvalue weighted by molar-refractivity contribution is 0.587. The molecule has 5 heteroatoms. The molecule has 0 saturated carbocycles. The van der Waals surface area contributed by atoms with Gasteiger partial charge in [-0.15, -0.1) is 0 Å². The third-order valence-corrected chi connectivity index (χ3v) is 6.17. The number of nitrogens with zero attached hydrogens (tertiary/aromatic N) is 1. The first-order valence-corrected chi connectivity index (χ1v) is 9.31. The molecule has 1 unspecified atom stereocenters. The molecule has 0 spiro atoms. The number of hydrogen-bond acceptors (Lipinski definition) is 4. The molecule has 0 amide bonds. The summed E-state index contributed by atoms with van der Waals surface area (Å²) in [5, 5.41) is 10.2. The van der Waals surface area contributed by atoms with Crippen LogP contribution in [0.2, 0.25) is 0 Å². The molecule has 1 aromatic carbocycles. The summed E-state index contributed by atoms with van der Waals surface area (Å²) >= 11 is 1.27. The monoisotopic (exact) mass is 311 g/mol. The van der Waals surface area contributed by atoms with Crippen molar-refractivity contribution in [3.05, 3.63) is 29.8 Å². The van der Waals surface area contributed by atoms with Crippen LogP contribution in [0.25, 0.3) is 0 Å². The predicted molar refractivity (Wildman–Crippen MR) is 84.5 cm³/mol. The molecule has 1 aromatic rings. The number of thioether (sulfide) groups is 1. The average molecular weight is 311 g/mol. The van der Waals surface area contributed by atoms with Crippen LogP contribution >= 0.6 is 11.8 Å². The first kappa shape index (κ1) is 17.1. The van der Waals surface area contributed by atoms with Gasteiger partial charge in [-0.3, -0.25) is 0 Å². The van der Waals surface area contributed by atoms with Crippen LogP contribution in [0.5, 0.6) is 0 Å². The van der Waals surface area contributed by atoms with Gasteiger partial charge < -0.3 is 0 Å². The van der Waals surface area contributed by atoms with Gasteiger partial charge >= 0.3 is 0 Å². The van der Waals surface area contributed by atoms with Crippen LogP contribution in [0.15, 0.2) is 29.2 Å². The Bertz CT molecular complexity index is 557. The highest BCUT2D eigenvalue weighted by Crippen LogP contribution is 2.26. The standard InChI is InChI=1S/C15H21NO2S2/c1-4-13(9-10-19-11-16)14-5-7-15(8-6-14)20(17,18)12(2)3/h5-8,12-13H,4,9-10H2,1-3H3. The molecule has 0 aliphatic carbocycles. The third-order valence-electron chi connectivity index (χ3n) is 3.43. The molecule has 0 bridgehead atoms. The summed E-state index contributed by atoms with van der Waals surface area (Å²) in [5.41, 5.74) is 1.15. The molecule has 3 nitrogen and oxygen atoms in total. The van der Waals surface area contributed by atoms with E-state index in [0.29, 0.717) is 10.8 Å². The van der Waals surface area contributed by atoms with Crippen LogP contribution in [-0.2, 0) is 9.84 Å². The van der Waals surface area contributed by atoms with Gasteiger partial charge in [0.2, 0.25) is 0 Å². The van der Waals surface area contributed by atoms with Gasteiger partial charge in [0.1, 0.15) is 5.40 Å². The summed E-state index contributed by atoms with van der Waals surface area (Å²) in [7, 11) is -3.19. The zero-order chi connectivity index (χ0) is 15.2. The van der Waals surface area contributed by atoms with Crippen LogP contribution < -0.4 is 0 Å². The number of benzene rings is 1. The Balaban J connectivity index is 2.87. The van der Waals surface area contributed by atoms with Gasteiger partial charge in [-0.25, -0.2) is 8.42 Å². The van der Waals surface area contributed by atoms with E-state index < -0.39 is 15.1 Å². The molecular formula is C15H21NO2S2. The fourth-order valence-corrected chi connectivity index (χ4v) is 3.61. The van der Waals surface area contributed by atoms with Crippen LogP contribution in [0, 0.1) is 10.7 Å². The second-order valence-electron chi connectivity index (χ2n) is 5.00. The van der Waals surface area contributed by atoms with Crippen molar-refractivity contribution in [3.8, 4) is 5.40 Å². The Morgan fingerprint density at radius 1 is 1.25 bits per heavy atom. The fraction of sp³-hybridized carbons (Fsp3) is 0.533. The van der Waals surface area contributed by atoms with Crippen molar-refractivity contribution in [1.82, 2.24) is 0 Å². The van der Waals surface area contributed by atoms with E-state index >= 15 is 0 Å². The van der Waals surface area contributed by atoms with E-state index in [-0.39, 0.29) is 0 Å². The lowest BCUT2D eigenvalue weighted by Crippen LogP contribution is -2.14. The summed E-state index contributed by atoms with van der Waals surface area (Å²) < 4.78 is 24.1. The normalized spacial score (nSPS) is 13.2. The summed E-state index contributed by atoms with van der Waals surface area (Å²) in [6, 6.07) is 7.20. The Hall–Kier alpha value is -0.990. The fourth-order valence-electron chi connectivity index (χ4n) is 2.06. The van der Waals surface area contributed by atoms with Gasteiger partial charge in [-0.1, -0.05) is 19.1 Å². The van der Waals surface area contributed by atoms with Crippen LogP contribution in [0.1, 0.15) is 45.1 Å². The van der Waals surface area contributed by atoms with Crippen LogP contribution in [0.4, 0.5) is 0 Å². The van der Waals surface area contributed by atoms with E-state index in [1.165, 1.54) is 11.8 Å². The Morgan fingerprint density at radius 2 is 1.85 bits per heavy atom. The van der Waals surface area contributed by atoms with Gasteiger partial charge in [-0.05, 0) is 62.1 Å². The lowest BCUT2D eigenvalue weighted by atomic mass is 9.94. The van der Waals surface area contributed by atoms with E-state index in [1.807, 2.05) is 12.1 Å². The first-order valence-electron chi connectivity index (χ1n) is 6.78. The molecule has 1 rings (SSSR count). The Labute approximate surface area is 126 Å². The SMILES string of the molecule is CCC(CCSC#N)c1ccc(S(=O)(=O)C(C)C)cc1. The van der Waals surface area contributed by atoms with Gasteiger partial charge in [0.15, 0.2) is 9.84 Å². The largest absolute Gasteiger partial charge is 0.223 e. The smallest absolute Gasteiger partial charge is 0.180 e. The lowest BCUT2D eigenvalue weighted by Gasteiger charge is -2.15. The second kappa shape index (κ2) is 7.70. The van der Waals surface area contributed by atoms with E-state index in [1.54, 1.807) is 26.0 Å². The minimum Gasteiger partial charge on any atom is -0.223 e. The summed E-state index contributed by atoms with van der Waals surface area (Å²) in [4.78, 5) is 0.387. The van der Waals surface area contributed by atoms with E-state index in [4.69, 9.17) is 5.26 Å². The molecule has 0 aromatic heterocycles. The van der Waals surface area contributed by atoms with E-state index in [9.17, 15) is 8.42 Å². The van der Waals surface area contributed by atoms with Crippen molar-refractivity contribution >= 4 is 21.6 Å². The number of sulfone groups is 1. The highest BCUT2D eigenvalue weighted by Gasteiger charge is 2.19. The van der Waals surface area contributed by atoms with Crippen molar-refractivity contribution in [3.63, 3.8) is 0 Å². The molecule has 0 fully saturated rings. The third kappa shape index (κ3) is 4.26. The molecule has 0 radical (unpaired) electrons.